The Morgan fingerprint density at radius 2 is 1.22 bits per heavy atom. The second kappa shape index (κ2) is 14.2. The molecule has 0 heterocycles. The van der Waals surface area contributed by atoms with Gasteiger partial charge in [0, 0.05) is 0 Å². The third-order valence-corrected chi connectivity index (χ3v) is 2.72. The van der Waals surface area contributed by atoms with Gasteiger partial charge in [0.25, 0.3) is 0 Å². The lowest BCUT2D eigenvalue weighted by molar-refractivity contribution is -0.144. The Morgan fingerprint density at radius 3 is 1.48 bits per heavy atom. The van der Waals surface area contributed by atoms with E-state index in [1.54, 1.807) is 0 Å². The van der Waals surface area contributed by atoms with Crippen molar-refractivity contribution in [3.05, 3.63) is 35.9 Å². The molecule has 0 aliphatic heterocycles. The molecule has 27 heavy (non-hydrogen) atoms. The van der Waals surface area contributed by atoms with E-state index >= 15 is 0 Å². The monoisotopic (exact) mass is 387 g/mol. The molecule has 3 atom stereocenters. The number of carbonyl (C=O) groups is 4. The van der Waals surface area contributed by atoms with Crippen LogP contribution in [0, 0.1) is 0 Å². The number of carboxylic acids is 4. The van der Waals surface area contributed by atoms with Gasteiger partial charge in [-0.3, -0.25) is 19.2 Å². The van der Waals surface area contributed by atoms with Crippen molar-refractivity contribution in [2.75, 3.05) is 0 Å². The van der Waals surface area contributed by atoms with Crippen LogP contribution in [0.25, 0.3) is 0 Å². The molecule has 0 aliphatic carbocycles. The first-order chi connectivity index (χ1) is 12.4. The maximum absolute atomic E-state index is 10.4. The summed E-state index contributed by atoms with van der Waals surface area (Å²) >= 11 is 0. The molecule has 11 nitrogen and oxygen atoms in total. The van der Waals surface area contributed by atoms with E-state index in [1.807, 2.05) is 30.3 Å². The fourth-order valence-corrected chi connectivity index (χ4v) is 1.23. The third-order valence-electron chi connectivity index (χ3n) is 2.72. The highest BCUT2D eigenvalue weighted by Gasteiger charge is 2.14. The Hall–Kier alpha value is -3.02. The summed E-state index contributed by atoms with van der Waals surface area (Å²) in [5, 5.41) is 32.4. The molecule has 0 aliphatic rings. The van der Waals surface area contributed by atoms with E-state index in [0.717, 1.165) is 5.56 Å². The van der Waals surface area contributed by atoms with E-state index in [9.17, 15) is 19.2 Å². The van der Waals surface area contributed by atoms with Gasteiger partial charge in [0.2, 0.25) is 0 Å². The van der Waals surface area contributed by atoms with Crippen LogP contribution in [0.5, 0.6) is 0 Å². The van der Waals surface area contributed by atoms with Crippen molar-refractivity contribution in [2.45, 2.75) is 37.9 Å². The summed E-state index contributed by atoms with van der Waals surface area (Å²) in [6.45, 7) is 1.42. The van der Waals surface area contributed by atoms with Gasteiger partial charge in [0.05, 0.1) is 6.42 Å². The molecule has 1 aromatic rings. The van der Waals surface area contributed by atoms with Crippen molar-refractivity contribution >= 4 is 23.9 Å². The second-order valence-electron chi connectivity index (χ2n) is 5.30. The van der Waals surface area contributed by atoms with Gasteiger partial charge in [-0.2, -0.15) is 0 Å². The van der Waals surface area contributed by atoms with E-state index in [-0.39, 0.29) is 0 Å². The topological polar surface area (TPSA) is 227 Å². The molecule has 10 N–H and O–H groups in total. The molecule has 0 fully saturated rings. The van der Waals surface area contributed by atoms with Crippen molar-refractivity contribution < 1.29 is 39.6 Å². The summed E-state index contributed by atoms with van der Waals surface area (Å²) in [6.07, 6.45) is -0.147. The molecule has 0 spiro atoms. The third kappa shape index (κ3) is 16.2. The van der Waals surface area contributed by atoms with Crippen molar-refractivity contribution in [2.24, 2.45) is 17.2 Å². The van der Waals surface area contributed by atoms with Crippen LogP contribution in [0.3, 0.4) is 0 Å². The smallest absolute Gasteiger partial charge is 0.321 e. The quantitative estimate of drug-likeness (QED) is 0.298. The molecular formula is C16H25N3O8. The van der Waals surface area contributed by atoms with Gasteiger partial charge in [0.15, 0.2) is 0 Å². The SMILES string of the molecule is C[C@H](N)C(=O)O.N[C@@H](CC(=O)O)C(=O)O.N[C@@H](Cc1ccccc1)C(=O)O. The predicted molar refractivity (Wildman–Crippen MR) is 94.9 cm³/mol. The zero-order chi connectivity index (χ0) is 21.6. The second-order valence-corrected chi connectivity index (χ2v) is 5.30. The van der Waals surface area contributed by atoms with Crippen LogP contribution < -0.4 is 17.2 Å². The van der Waals surface area contributed by atoms with Gasteiger partial charge in [-0.25, -0.2) is 0 Å². The van der Waals surface area contributed by atoms with Crippen LogP contribution >= 0.6 is 0 Å². The molecule has 152 valence electrons. The maximum atomic E-state index is 10.4. The van der Waals surface area contributed by atoms with Crippen LogP contribution in [0.15, 0.2) is 30.3 Å². The van der Waals surface area contributed by atoms with Crippen LogP contribution in [0.1, 0.15) is 18.9 Å². The lowest BCUT2D eigenvalue weighted by atomic mass is 10.1. The molecule has 1 rings (SSSR count). The number of aliphatic carboxylic acids is 4. The van der Waals surface area contributed by atoms with Gasteiger partial charge in [-0.15, -0.1) is 0 Å². The van der Waals surface area contributed by atoms with Gasteiger partial charge in [-0.05, 0) is 18.9 Å². The highest BCUT2D eigenvalue weighted by atomic mass is 16.4. The van der Waals surface area contributed by atoms with Crippen LogP contribution in [0.2, 0.25) is 0 Å². The Kier molecular flexibility index (Phi) is 13.8. The zero-order valence-electron chi connectivity index (χ0n) is 14.7. The normalized spacial score (nSPS) is 12.7. The first-order valence-corrected chi connectivity index (χ1v) is 7.59. The van der Waals surface area contributed by atoms with Crippen LogP contribution in [0.4, 0.5) is 0 Å². The lowest BCUT2D eigenvalue weighted by Crippen LogP contribution is -2.32. The summed E-state index contributed by atoms with van der Waals surface area (Å²) in [5.41, 5.74) is 16.0. The first-order valence-electron chi connectivity index (χ1n) is 7.59. The molecule has 0 aromatic heterocycles. The molecular weight excluding hydrogens is 362 g/mol. The standard InChI is InChI=1S/C9H11NO2.C4H7NO4.C3H7NO2/c10-8(9(11)12)6-7-4-2-1-3-5-7;5-2(4(8)9)1-3(6)7;1-2(4)3(5)6/h1-5,8H,6,10H2,(H,11,12);2H,1,5H2,(H,6,7)(H,8,9);2H,4H2,1H3,(H,5,6)/t8-;2*2-/m000/s1. The van der Waals surface area contributed by atoms with Gasteiger partial charge < -0.3 is 37.6 Å². The number of hydrogen-bond acceptors (Lipinski definition) is 7. The Bertz CT molecular complexity index is 607. The number of hydrogen-bond donors (Lipinski definition) is 7. The Balaban J connectivity index is 0. The minimum Gasteiger partial charge on any atom is -0.481 e. The molecule has 0 amide bonds. The van der Waals surface area contributed by atoms with Crippen molar-refractivity contribution in [1.29, 1.82) is 0 Å². The van der Waals surface area contributed by atoms with Gasteiger partial charge in [-0.1, -0.05) is 30.3 Å². The highest BCUT2D eigenvalue weighted by molar-refractivity contribution is 5.80. The molecule has 0 radical (unpaired) electrons. The van der Waals surface area contributed by atoms with Crippen molar-refractivity contribution in [3.63, 3.8) is 0 Å². The van der Waals surface area contributed by atoms with Crippen molar-refractivity contribution in [3.8, 4) is 0 Å². The predicted octanol–water partition coefficient (Wildman–Crippen LogP) is -1.07. The maximum Gasteiger partial charge on any atom is 0.321 e. The van der Waals surface area contributed by atoms with E-state index in [1.165, 1.54) is 6.92 Å². The summed E-state index contributed by atoms with van der Waals surface area (Å²) in [5.74, 6) is -4.42. The van der Waals surface area contributed by atoms with E-state index in [0.29, 0.717) is 6.42 Å². The largest absolute Gasteiger partial charge is 0.481 e. The fraction of sp³-hybridized carbons (Fsp3) is 0.375. The van der Waals surface area contributed by atoms with Crippen LogP contribution in [-0.4, -0.2) is 62.4 Å². The minimum absolute atomic E-state index is 0.385. The molecule has 1 aromatic carbocycles. The Labute approximate surface area is 155 Å². The molecule has 0 saturated heterocycles. The minimum atomic E-state index is -1.29. The fourth-order valence-electron chi connectivity index (χ4n) is 1.23. The van der Waals surface area contributed by atoms with E-state index in [2.05, 4.69) is 0 Å². The van der Waals surface area contributed by atoms with Crippen molar-refractivity contribution in [1.82, 2.24) is 0 Å². The molecule has 0 bridgehead atoms. The number of nitrogens with two attached hydrogens (primary N) is 3. The molecule has 0 unspecified atom stereocenters. The summed E-state index contributed by atoms with van der Waals surface area (Å²) in [7, 11) is 0. The van der Waals surface area contributed by atoms with E-state index in [4.69, 9.17) is 37.6 Å². The zero-order valence-corrected chi connectivity index (χ0v) is 14.7. The van der Waals surface area contributed by atoms with Gasteiger partial charge >= 0.3 is 23.9 Å². The molecule has 11 heteroatoms. The highest BCUT2D eigenvalue weighted by Crippen LogP contribution is 2.01. The number of rotatable bonds is 7. The van der Waals surface area contributed by atoms with Crippen LogP contribution in [-0.2, 0) is 25.6 Å². The lowest BCUT2D eigenvalue weighted by Gasteiger charge is -2.04. The van der Waals surface area contributed by atoms with E-state index < -0.39 is 48.4 Å². The molecule has 0 saturated carbocycles. The van der Waals surface area contributed by atoms with Gasteiger partial charge in [0.1, 0.15) is 18.1 Å². The summed E-state index contributed by atoms with van der Waals surface area (Å²) in [6, 6.07) is 6.52. The number of carboxylic acid groups (broad SMARTS) is 4. The number of benzene rings is 1. The Morgan fingerprint density at radius 1 is 0.815 bits per heavy atom. The average Bonchev–Trinajstić information content (AvgIpc) is 2.56. The summed E-state index contributed by atoms with van der Waals surface area (Å²) < 4.78 is 0. The average molecular weight is 387 g/mol. The first kappa shape index (κ1) is 26.2. The summed E-state index contributed by atoms with van der Waals surface area (Å²) in [4.78, 5) is 39.6.